The van der Waals surface area contributed by atoms with Gasteiger partial charge in [-0.25, -0.2) is 0 Å². The average Bonchev–Trinajstić information content (AvgIpc) is 3.18. The Morgan fingerprint density at radius 3 is 2.63 bits per heavy atom. The third-order valence-corrected chi connectivity index (χ3v) is 4.57. The van der Waals surface area contributed by atoms with E-state index in [1.807, 2.05) is 18.7 Å². The molecule has 4 heteroatoms. The number of hydrogen-bond acceptors (Lipinski definition) is 2. The summed E-state index contributed by atoms with van der Waals surface area (Å²) in [5.41, 5.74) is 0. The summed E-state index contributed by atoms with van der Waals surface area (Å²) in [6.45, 7) is 6.90. The molecule has 1 saturated carbocycles. The first-order valence-electron chi connectivity index (χ1n) is 7.62. The molecule has 2 amide bonds. The van der Waals surface area contributed by atoms with Gasteiger partial charge in [0.2, 0.25) is 11.8 Å². The molecule has 1 saturated heterocycles. The number of carbonyl (C=O) groups excluding carboxylic acids is 2. The SMILES string of the molecule is CCC(C)C1NC(=O)CC(C)N(CCC2CC2)C1=O. The van der Waals surface area contributed by atoms with Crippen molar-refractivity contribution in [3.05, 3.63) is 0 Å². The molecular weight excluding hydrogens is 240 g/mol. The molecule has 1 heterocycles. The van der Waals surface area contributed by atoms with Crippen molar-refractivity contribution >= 4 is 11.8 Å². The largest absolute Gasteiger partial charge is 0.344 e. The van der Waals surface area contributed by atoms with E-state index < -0.39 is 0 Å². The molecule has 1 aliphatic carbocycles. The second-order valence-electron chi connectivity index (χ2n) is 6.25. The summed E-state index contributed by atoms with van der Waals surface area (Å²) in [7, 11) is 0. The molecule has 2 aliphatic rings. The molecule has 3 unspecified atom stereocenters. The third kappa shape index (κ3) is 3.48. The summed E-state index contributed by atoms with van der Waals surface area (Å²) in [6.07, 6.45) is 5.05. The Balaban J connectivity index is 2.08. The zero-order chi connectivity index (χ0) is 14.0. The van der Waals surface area contributed by atoms with Crippen molar-refractivity contribution in [1.29, 1.82) is 0 Å². The maximum absolute atomic E-state index is 12.6. The Morgan fingerprint density at radius 1 is 1.37 bits per heavy atom. The predicted molar refractivity (Wildman–Crippen MR) is 74.5 cm³/mol. The normalized spacial score (nSPS) is 29.9. The van der Waals surface area contributed by atoms with Gasteiger partial charge in [-0.1, -0.05) is 33.1 Å². The summed E-state index contributed by atoms with van der Waals surface area (Å²) in [6, 6.07) is -0.304. The fourth-order valence-electron chi connectivity index (χ4n) is 2.75. The van der Waals surface area contributed by atoms with E-state index in [9.17, 15) is 9.59 Å². The van der Waals surface area contributed by atoms with Crippen LogP contribution in [0, 0.1) is 11.8 Å². The minimum Gasteiger partial charge on any atom is -0.344 e. The quantitative estimate of drug-likeness (QED) is 0.826. The fourth-order valence-corrected chi connectivity index (χ4v) is 2.75. The van der Waals surface area contributed by atoms with Crippen LogP contribution in [0.25, 0.3) is 0 Å². The molecule has 0 radical (unpaired) electrons. The van der Waals surface area contributed by atoms with Gasteiger partial charge in [-0.15, -0.1) is 0 Å². The van der Waals surface area contributed by atoms with E-state index in [2.05, 4.69) is 12.2 Å². The molecule has 4 nitrogen and oxygen atoms in total. The Hall–Kier alpha value is -1.06. The first-order chi connectivity index (χ1) is 9.02. The molecule has 108 valence electrons. The average molecular weight is 266 g/mol. The van der Waals surface area contributed by atoms with E-state index in [-0.39, 0.29) is 29.8 Å². The van der Waals surface area contributed by atoms with E-state index in [1.165, 1.54) is 12.8 Å². The lowest BCUT2D eigenvalue weighted by molar-refractivity contribution is -0.136. The molecule has 0 aromatic rings. The summed E-state index contributed by atoms with van der Waals surface area (Å²) in [4.78, 5) is 26.5. The van der Waals surface area contributed by atoms with Crippen molar-refractivity contribution in [1.82, 2.24) is 10.2 Å². The highest BCUT2D eigenvalue weighted by Crippen LogP contribution is 2.33. The maximum Gasteiger partial charge on any atom is 0.245 e. The van der Waals surface area contributed by atoms with Crippen molar-refractivity contribution < 1.29 is 9.59 Å². The van der Waals surface area contributed by atoms with E-state index >= 15 is 0 Å². The summed E-state index contributed by atoms with van der Waals surface area (Å²) >= 11 is 0. The molecule has 1 aliphatic heterocycles. The lowest BCUT2D eigenvalue weighted by Gasteiger charge is -2.30. The molecule has 0 bridgehead atoms. The molecule has 3 atom stereocenters. The number of amides is 2. The van der Waals surface area contributed by atoms with Crippen LogP contribution in [0.3, 0.4) is 0 Å². The second-order valence-corrected chi connectivity index (χ2v) is 6.25. The molecule has 19 heavy (non-hydrogen) atoms. The van der Waals surface area contributed by atoms with Gasteiger partial charge in [0.05, 0.1) is 0 Å². The second kappa shape index (κ2) is 5.93. The smallest absolute Gasteiger partial charge is 0.245 e. The Morgan fingerprint density at radius 2 is 2.05 bits per heavy atom. The molecule has 1 N–H and O–H groups in total. The van der Waals surface area contributed by atoms with Gasteiger partial charge in [-0.05, 0) is 25.2 Å². The van der Waals surface area contributed by atoms with E-state index in [0.717, 1.165) is 25.3 Å². The molecular formula is C15H26N2O2. The standard InChI is InChI=1S/C15H26N2O2/c1-4-10(2)14-15(19)17(8-7-12-5-6-12)11(3)9-13(18)16-14/h10-12,14H,4-9H2,1-3H3,(H,16,18). The molecule has 0 spiro atoms. The van der Waals surface area contributed by atoms with Crippen LogP contribution in [-0.4, -0.2) is 35.3 Å². The van der Waals surface area contributed by atoms with E-state index in [0.29, 0.717) is 6.42 Å². The van der Waals surface area contributed by atoms with Crippen LogP contribution in [0.15, 0.2) is 0 Å². The van der Waals surface area contributed by atoms with Crippen molar-refractivity contribution in [3.8, 4) is 0 Å². The van der Waals surface area contributed by atoms with Crippen LogP contribution in [-0.2, 0) is 9.59 Å². The number of carbonyl (C=O) groups is 2. The zero-order valence-corrected chi connectivity index (χ0v) is 12.3. The topological polar surface area (TPSA) is 49.4 Å². The zero-order valence-electron chi connectivity index (χ0n) is 12.3. The highest BCUT2D eigenvalue weighted by atomic mass is 16.2. The first kappa shape index (κ1) is 14.4. The van der Waals surface area contributed by atoms with E-state index in [4.69, 9.17) is 0 Å². The Bertz CT molecular complexity index is 352. The number of nitrogens with one attached hydrogen (secondary N) is 1. The molecule has 2 fully saturated rings. The minimum absolute atomic E-state index is 0.0140. The lowest BCUT2D eigenvalue weighted by atomic mass is 9.98. The van der Waals surface area contributed by atoms with Crippen molar-refractivity contribution in [2.75, 3.05) is 6.54 Å². The van der Waals surface area contributed by atoms with Crippen molar-refractivity contribution in [3.63, 3.8) is 0 Å². The van der Waals surface area contributed by atoms with Gasteiger partial charge in [-0.2, -0.15) is 0 Å². The van der Waals surface area contributed by atoms with Crippen LogP contribution < -0.4 is 5.32 Å². The van der Waals surface area contributed by atoms with Gasteiger partial charge in [0.1, 0.15) is 6.04 Å². The van der Waals surface area contributed by atoms with Crippen LogP contribution in [0.1, 0.15) is 52.9 Å². The third-order valence-electron chi connectivity index (χ3n) is 4.57. The summed E-state index contributed by atoms with van der Waals surface area (Å²) < 4.78 is 0. The van der Waals surface area contributed by atoms with Gasteiger partial charge in [0.25, 0.3) is 0 Å². The van der Waals surface area contributed by atoms with Gasteiger partial charge in [0.15, 0.2) is 0 Å². The predicted octanol–water partition coefficient (Wildman–Crippen LogP) is 1.94. The van der Waals surface area contributed by atoms with Gasteiger partial charge < -0.3 is 10.2 Å². The minimum atomic E-state index is -0.332. The molecule has 0 aromatic carbocycles. The highest BCUT2D eigenvalue weighted by Gasteiger charge is 2.36. The van der Waals surface area contributed by atoms with Crippen LogP contribution in [0.2, 0.25) is 0 Å². The number of nitrogens with zero attached hydrogens (tertiary/aromatic N) is 1. The van der Waals surface area contributed by atoms with Gasteiger partial charge >= 0.3 is 0 Å². The fraction of sp³-hybridized carbons (Fsp3) is 0.867. The Kier molecular flexibility index (Phi) is 4.48. The van der Waals surface area contributed by atoms with Crippen LogP contribution in [0.4, 0.5) is 0 Å². The first-order valence-corrected chi connectivity index (χ1v) is 7.62. The lowest BCUT2D eigenvalue weighted by Crippen LogP contribution is -2.49. The number of hydrogen-bond donors (Lipinski definition) is 1. The van der Waals surface area contributed by atoms with Crippen LogP contribution in [0.5, 0.6) is 0 Å². The summed E-state index contributed by atoms with van der Waals surface area (Å²) in [5.74, 6) is 1.15. The highest BCUT2D eigenvalue weighted by molar-refractivity contribution is 5.90. The molecule has 0 aromatic heterocycles. The van der Waals surface area contributed by atoms with Crippen molar-refractivity contribution in [2.45, 2.75) is 65.0 Å². The van der Waals surface area contributed by atoms with Gasteiger partial charge in [-0.3, -0.25) is 9.59 Å². The van der Waals surface area contributed by atoms with E-state index in [1.54, 1.807) is 0 Å². The Labute approximate surface area is 115 Å². The summed E-state index contributed by atoms with van der Waals surface area (Å²) in [5, 5.41) is 2.91. The van der Waals surface area contributed by atoms with Crippen LogP contribution >= 0.6 is 0 Å². The number of rotatable bonds is 5. The monoisotopic (exact) mass is 266 g/mol. The van der Waals surface area contributed by atoms with Crippen molar-refractivity contribution in [2.24, 2.45) is 11.8 Å². The maximum atomic E-state index is 12.6. The van der Waals surface area contributed by atoms with Gasteiger partial charge in [0, 0.05) is 19.0 Å². The molecule has 2 rings (SSSR count).